The zero-order chi connectivity index (χ0) is 12.7. The SMILES string of the molecule is CC(=O)OC1CC1(c1ccccn1)S(N)(=O)=O. The molecule has 6 nitrogen and oxygen atoms in total. The van der Waals surface area contributed by atoms with Gasteiger partial charge in [-0.05, 0) is 12.1 Å². The van der Waals surface area contributed by atoms with Crippen molar-refractivity contribution in [2.45, 2.75) is 24.2 Å². The maximum absolute atomic E-state index is 11.7. The lowest BCUT2D eigenvalue weighted by atomic mass is 10.2. The number of nitrogens with zero attached hydrogens (tertiary/aromatic N) is 1. The first-order valence-electron chi connectivity index (χ1n) is 4.99. The summed E-state index contributed by atoms with van der Waals surface area (Å²) in [5.74, 6) is -0.531. The highest BCUT2D eigenvalue weighted by Crippen LogP contribution is 2.52. The monoisotopic (exact) mass is 256 g/mol. The van der Waals surface area contributed by atoms with Gasteiger partial charge in [-0.3, -0.25) is 9.78 Å². The molecule has 0 amide bonds. The number of pyridine rings is 1. The first-order valence-corrected chi connectivity index (χ1v) is 6.53. The summed E-state index contributed by atoms with van der Waals surface area (Å²) in [6.07, 6.45) is 0.887. The molecule has 2 unspecified atom stereocenters. The number of sulfonamides is 1. The summed E-state index contributed by atoms with van der Waals surface area (Å²) in [6.45, 7) is 1.23. The maximum Gasteiger partial charge on any atom is 0.302 e. The molecule has 2 rings (SSSR count). The van der Waals surface area contributed by atoms with Crippen LogP contribution in [0, 0.1) is 0 Å². The van der Waals surface area contributed by atoms with Gasteiger partial charge >= 0.3 is 5.97 Å². The summed E-state index contributed by atoms with van der Waals surface area (Å²) < 4.78 is 26.9. The Morgan fingerprint density at radius 2 is 2.29 bits per heavy atom. The highest BCUT2D eigenvalue weighted by Gasteiger charge is 2.67. The Bertz CT molecular complexity index is 543. The van der Waals surface area contributed by atoms with Crippen LogP contribution < -0.4 is 5.14 Å². The van der Waals surface area contributed by atoms with Gasteiger partial charge in [0, 0.05) is 19.5 Å². The van der Waals surface area contributed by atoms with Gasteiger partial charge in [0.25, 0.3) is 0 Å². The van der Waals surface area contributed by atoms with Crippen LogP contribution in [0.4, 0.5) is 0 Å². The number of hydrogen-bond acceptors (Lipinski definition) is 5. The molecule has 0 radical (unpaired) electrons. The van der Waals surface area contributed by atoms with Crippen LogP contribution in [-0.4, -0.2) is 25.5 Å². The number of nitrogens with two attached hydrogens (primary N) is 1. The van der Waals surface area contributed by atoms with Gasteiger partial charge in [0.1, 0.15) is 6.10 Å². The third kappa shape index (κ3) is 1.91. The molecule has 17 heavy (non-hydrogen) atoms. The topological polar surface area (TPSA) is 99.3 Å². The van der Waals surface area contributed by atoms with E-state index in [9.17, 15) is 13.2 Å². The van der Waals surface area contributed by atoms with E-state index < -0.39 is 26.8 Å². The van der Waals surface area contributed by atoms with E-state index in [1.165, 1.54) is 13.1 Å². The molecule has 1 aromatic rings. The van der Waals surface area contributed by atoms with Gasteiger partial charge in [-0.1, -0.05) is 6.07 Å². The molecule has 1 heterocycles. The average molecular weight is 256 g/mol. The summed E-state index contributed by atoms with van der Waals surface area (Å²) in [5, 5.41) is 5.21. The molecule has 0 aliphatic heterocycles. The molecule has 2 atom stereocenters. The Morgan fingerprint density at radius 3 is 2.76 bits per heavy atom. The van der Waals surface area contributed by atoms with Gasteiger partial charge in [-0.2, -0.15) is 0 Å². The Kier molecular flexibility index (Phi) is 2.67. The predicted octanol–water partition coefficient (Wildman–Crippen LogP) is -0.0992. The Balaban J connectivity index is 2.40. The molecule has 92 valence electrons. The summed E-state index contributed by atoms with van der Waals surface area (Å²) >= 11 is 0. The van der Waals surface area contributed by atoms with E-state index in [2.05, 4.69) is 4.98 Å². The molecule has 1 fully saturated rings. The second-order valence-electron chi connectivity index (χ2n) is 3.95. The van der Waals surface area contributed by atoms with Crippen molar-refractivity contribution in [3.05, 3.63) is 30.1 Å². The van der Waals surface area contributed by atoms with E-state index >= 15 is 0 Å². The Morgan fingerprint density at radius 1 is 1.59 bits per heavy atom. The lowest BCUT2D eigenvalue weighted by molar-refractivity contribution is -0.142. The van der Waals surface area contributed by atoms with E-state index in [1.54, 1.807) is 18.2 Å². The molecular weight excluding hydrogens is 244 g/mol. The fourth-order valence-corrected chi connectivity index (χ4v) is 3.09. The van der Waals surface area contributed by atoms with Crippen LogP contribution in [0.25, 0.3) is 0 Å². The maximum atomic E-state index is 11.7. The molecule has 0 saturated heterocycles. The van der Waals surface area contributed by atoms with Crippen molar-refractivity contribution in [1.82, 2.24) is 4.98 Å². The van der Waals surface area contributed by atoms with E-state index in [-0.39, 0.29) is 6.42 Å². The average Bonchev–Trinajstić information content (AvgIpc) is 2.93. The smallest absolute Gasteiger partial charge is 0.302 e. The first-order chi connectivity index (χ1) is 7.88. The lowest BCUT2D eigenvalue weighted by Crippen LogP contribution is -2.33. The lowest BCUT2D eigenvalue weighted by Gasteiger charge is -2.13. The molecule has 1 saturated carbocycles. The summed E-state index contributed by atoms with van der Waals surface area (Å²) in [4.78, 5) is 14.8. The van der Waals surface area contributed by atoms with Gasteiger partial charge < -0.3 is 4.74 Å². The third-order valence-corrected chi connectivity index (χ3v) is 4.42. The molecule has 0 spiro atoms. The second kappa shape index (κ2) is 3.78. The van der Waals surface area contributed by atoms with Crippen LogP contribution in [0.2, 0.25) is 0 Å². The Labute approximate surface area is 98.8 Å². The van der Waals surface area contributed by atoms with E-state index in [1.807, 2.05) is 0 Å². The largest absolute Gasteiger partial charge is 0.460 e. The molecule has 1 aliphatic rings. The minimum atomic E-state index is -3.88. The van der Waals surface area contributed by atoms with Crippen molar-refractivity contribution >= 4 is 16.0 Å². The summed E-state index contributed by atoms with van der Waals surface area (Å²) in [6, 6.07) is 4.90. The standard InChI is InChI=1S/C10H12N2O4S/c1-7(13)16-9-6-10(9,17(11,14)15)8-4-2-3-5-12-8/h2-5,9H,6H2,1H3,(H2,11,14,15). The molecule has 0 aromatic carbocycles. The predicted molar refractivity (Wildman–Crippen MR) is 59.2 cm³/mol. The van der Waals surface area contributed by atoms with Gasteiger partial charge in [0.05, 0.1) is 5.69 Å². The van der Waals surface area contributed by atoms with Gasteiger partial charge in [0.2, 0.25) is 10.0 Å². The number of primary sulfonamides is 1. The van der Waals surface area contributed by atoms with Crippen molar-refractivity contribution in [3.8, 4) is 0 Å². The quantitative estimate of drug-likeness (QED) is 0.761. The summed E-state index contributed by atoms with van der Waals surface area (Å²) in [5.41, 5.74) is 0.314. The van der Waals surface area contributed by atoms with Crippen molar-refractivity contribution in [2.24, 2.45) is 5.14 Å². The number of rotatable bonds is 3. The molecule has 1 aromatic heterocycles. The minimum Gasteiger partial charge on any atom is -0.460 e. The van der Waals surface area contributed by atoms with Gasteiger partial charge in [-0.25, -0.2) is 13.6 Å². The van der Waals surface area contributed by atoms with Crippen molar-refractivity contribution in [2.75, 3.05) is 0 Å². The molecule has 2 N–H and O–H groups in total. The number of aromatic nitrogens is 1. The van der Waals surface area contributed by atoms with E-state index in [4.69, 9.17) is 9.88 Å². The highest BCUT2D eigenvalue weighted by atomic mass is 32.2. The van der Waals surface area contributed by atoms with Crippen LogP contribution in [0.5, 0.6) is 0 Å². The molecule has 0 bridgehead atoms. The molecular formula is C10H12N2O4S. The summed E-state index contributed by atoms with van der Waals surface area (Å²) in [7, 11) is -3.88. The second-order valence-corrected chi connectivity index (χ2v) is 5.77. The van der Waals surface area contributed by atoms with Crippen molar-refractivity contribution < 1.29 is 17.9 Å². The molecule has 1 aliphatic carbocycles. The first kappa shape index (κ1) is 12.0. The van der Waals surface area contributed by atoms with E-state index in [0.717, 1.165) is 0 Å². The highest BCUT2D eigenvalue weighted by molar-refractivity contribution is 7.90. The van der Waals surface area contributed by atoms with Crippen molar-refractivity contribution in [1.29, 1.82) is 0 Å². The number of hydrogen-bond donors (Lipinski definition) is 1. The number of carbonyl (C=O) groups is 1. The number of carbonyl (C=O) groups excluding carboxylic acids is 1. The van der Waals surface area contributed by atoms with Gasteiger partial charge in [-0.15, -0.1) is 0 Å². The van der Waals surface area contributed by atoms with Crippen LogP contribution in [0.15, 0.2) is 24.4 Å². The van der Waals surface area contributed by atoms with Gasteiger partial charge in [0.15, 0.2) is 4.75 Å². The van der Waals surface area contributed by atoms with Crippen LogP contribution >= 0.6 is 0 Å². The normalized spacial score (nSPS) is 27.5. The zero-order valence-corrected chi connectivity index (χ0v) is 9.98. The Hall–Kier alpha value is -1.47. The third-order valence-electron chi connectivity index (χ3n) is 2.76. The zero-order valence-electron chi connectivity index (χ0n) is 9.16. The van der Waals surface area contributed by atoms with Crippen molar-refractivity contribution in [3.63, 3.8) is 0 Å². The van der Waals surface area contributed by atoms with Crippen LogP contribution in [0.3, 0.4) is 0 Å². The fourth-order valence-electron chi connectivity index (χ4n) is 1.88. The molecule has 7 heteroatoms. The number of ether oxygens (including phenoxy) is 1. The fraction of sp³-hybridized carbons (Fsp3) is 0.400. The number of esters is 1. The van der Waals surface area contributed by atoms with Crippen LogP contribution in [0.1, 0.15) is 19.0 Å². The van der Waals surface area contributed by atoms with E-state index in [0.29, 0.717) is 5.69 Å². The minimum absolute atomic E-state index is 0.155. The van der Waals surface area contributed by atoms with Crippen LogP contribution in [-0.2, 0) is 24.3 Å².